The molecule has 0 aliphatic heterocycles. The van der Waals surface area contributed by atoms with Gasteiger partial charge in [0, 0.05) is 38.6 Å². The number of benzene rings is 4. The molecule has 0 unspecified atom stereocenters. The highest BCUT2D eigenvalue weighted by atomic mass is 16.3. The average Bonchev–Trinajstić information content (AvgIpc) is 3.50. The molecule has 0 spiro atoms. The van der Waals surface area contributed by atoms with Crippen molar-refractivity contribution in [3.8, 4) is 34.2 Å². The maximum absolute atomic E-state index is 7.01. The van der Waals surface area contributed by atoms with Gasteiger partial charge < -0.3 is 4.42 Å². The predicted molar refractivity (Wildman–Crippen MR) is 205 cm³/mol. The van der Waals surface area contributed by atoms with Crippen LogP contribution in [0.25, 0.3) is 56.1 Å². The Morgan fingerprint density at radius 2 is 0.980 bits per heavy atom. The third kappa shape index (κ3) is 6.09. The first-order chi connectivity index (χ1) is 23.5. The van der Waals surface area contributed by atoms with E-state index in [0.29, 0.717) is 17.5 Å². The molecule has 0 N–H and O–H groups in total. The summed E-state index contributed by atoms with van der Waals surface area (Å²) in [7, 11) is 0. The molecule has 6 aromatic rings. The first-order valence-electron chi connectivity index (χ1n) is 18.4. The van der Waals surface area contributed by atoms with Gasteiger partial charge >= 0.3 is 0 Å². The van der Waals surface area contributed by atoms with Gasteiger partial charge in [-0.1, -0.05) is 122 Å². The molecule has 252 valence electrons. The summed E-state index contributed by atoms with van der Waals surface area (Å²) in [6.07, 6.45) is 7.99. The van der Waals surface area contributed by atoms with E-state index >= 15 is 0 Å². The summed E-state index contributed by atoms with van der Waals surface area (Å²) in [6, 6.07) is 30.0. The summed E-state index contributed by atoms with van der Waals surface area (Å²) in [5.74, 6) is 2.95. The van der Waals surface area contributed by atoms with E-state index in [1.54, 1.807) is 0 Å². The lowest BCUT2D eigenvalue weighted by molar-refractivity contribution is 0.136. The summed E-state index contributed by atoms with van der Waals surface area (Å²) >= 11 is 0. The standard InChI is InChI=1S/C43H45N3O.C2H6/c1-41(2,3)34-24-30(40-45-38(28-13-9-7-10-14-28)44-39(46-40)29-15-11-8-12-16-29)23-32-33-25-31(43-20-17-27(18-21-43)19-22-43)26-35(42(4,5)6)37(33)47-36(32)34;1-2/h7-16,23-27H,17-22H2,1-6H3;1-2H3. The number of fused-ring (bicyclic) bond motifs is 6. The van der Waals surface area contributed by atoms with E-state index in [4.69, 9.17) is 19.4 Å². The van der Waals surface area contributed by atoms with Crippen LogP contribution in [-0.4, -0.2) is 15.0 Å². The quantitative estimate of drug-likeness (QED) is 0.191. The van der Waals surface area contributed by atoms with Gasteiger partial charge in [-0.2, -0.15) is 0 Å². The first kappa shape index (κ1) is 33.2. The second kappa shape index (κ2) is 12.5. The molecule has 3 fully saturated rings. The Kier molecular flexibility index (Phi) is 8.49. The lowest BCUT2D eigenvalue weighted by Crippen LogP contribution is -2.37. The van der Waals surface area contributed by atoms with Gasteiger partial charge in [-0.3, -0.25) is 0 Å². The lowest BCUT2D eigenvalue weighted by Gasteiger charge is -2.47. The number of furan rings is 1. The Bertz CT molecular complexity index is 2030. The summed E-state index contributed by atoms with van der Waals surface area (Å²) in [5.41, 5.74) is 8.97. The van der Waals surface area contributed by atoms with Gasteiger partial charge in [-0.05, 0) is 84.5 Å². The molecule has 4 heteroatoms. The summed E-state index contributed by atoms with van der Waals surface area (Å²) in [6.45, 7) is 17.8. The minimum atomic E-state index is -0.162. The number of aromatic nitrogens is 3. The molecule has 3 aliphatic rings. The van der Waals surface area contributed by atoms with E-state index in [0.717, 1.165) is 39.2 Å². The van der Waals surface area contributed by atoms with Crippen molar-refractivity contribution in [2.24, 2.45) is 5.92 Å². The Hall–Kier alpha value is -4.31. The molecule has 49 heavy (non-hydrogen) atoms. The lowest BCUT2D eigenvalue weighted by atomic mass is 9.57. The molecule has 2 bridgehead atoms. The van der Waals surface area contributed by atoms with Crippen molar-refractivity contribution in [3.63, 3.8) is 0 Å². The molecule has 0 radical (unpaired) electrons. The Morgan fingerprint density at radius 3 is 1.45 bits per heavy atom. The fourth-order valence-electron chi connectivity index (χ4n) is 8.15. The third-order valence-corrected chi connectivity index (χ3v) is 11.0. The molecular weight excluding hydrogens is 599 g/mol. The zero-order valence-electron chi connectivity index (χ0n) is 30.7. The maximum Gasteiger partial charge on any atom is 0.164 e. The van der Waals surface area contributed by atoms with Crippen molar-refractivity contribution in [2.45, 2.75) is 110 Å². The van der Waals surface area contributed by atoms with Gasteiger partial charge in [0.25, 0.3) is 0 Å². The number of hydrogen-bond donors (Lipinski definition) is 0. The van der Waals surface area contributed by atoms with Crippen LogP contribution in [-0.2, 0) is 16.2 Å². The Labute approximate surface area is 292 Å². The predicted octanol–water partition coefficient (Wildman–Crippen LogP) is 12.6. The Morgan fingerprint density at radius 1 is 0.551 bits per heavy atom. The van der Waals surface area contributed by atoms with Gasteiger partial charge in [0.2, 0.25) is 0 Å². The second-order valence-electron chi connectivity index (χ2n) is 16.2. The minimum Gasteiger partial charge on any atom is -0.455 e. The molecule has 9 rings (SSSR count). The van der Waals surface area contributed by atoms with Crippen molar-refractivity contribution in [1.82, 2.24) is 15.0 Å². The van der Waals surface area contributed by atoms with E-state index in [1.807, 2.05) is 50.2 Å². The zero-order valence-corrected chi connectivity index (χ0v) is 30.7. The number of rotatable bonds is 4. The van der Waals surface area contributed by atoms with Crippen molar-refractivity contribution in [1.29, 1.82) is 0 Å². The normalized spacial score (nSPS) is 19.2. The molecule has 2 aromatic heterocycles. The fraction of sp³-hybridized carbons (Fsp3) is 0.400. The molecular formula is C45H51N3O. The molecule has 2 heterocycles. The van der Waals surface area contributed by atoms with Crippen LogP contribution in [0, 0.1) is 5.92 Å². The van der Waals surface area contributed by atoms with Crippen LogP contribution in [0.3, 0.4) is 0 Å². The zero-order chi connectivity index (χ0) is 34.6. The average molecular weight is 650 g/mol. The van der Waals surface area contributed by atoms with Crippen LogP contribution < -0.4 is 0 Å². The smallest absolute Gasteiger partial charge is 0.164 e. The molecule has 3 aliphatic carbocycles. The van der Waals surface area contributed by atoms with Gasteiger partial charge in [0.05, 0.1) is 0 Å². The van der Waals surface area contributed by atoms with Crippen LogP contribution in [0.15, 0.2) is 89.3 Å². The molecule has 0 saturated heterocycles. The molecule has 0 amide bonds. The van der Waals surface area contributed by atoms with E-state index in [1.165, 1.54) is 60.6 Å². The minimum absolute atomic E-state index is 0.0568. The van der Waals surface area contributed by atoms with Gasteiger partial charge in [-0.25, -0.2) is 15.0 Å². The molecule has 4 aromatic carbocycles. The summed E-state index contributed by atoms with van der Waals surface area (Å²) in [5, 5.41) is 2.37. The van der Waals surface area contributed by atoms with Gasteiger partial charge in [0.1, 0.15) is 11.2 Å². The van der Waals surface area contributed by atoms with Crippen LogP contribution >= 0.6 is 0 Å². The highest BCUT2D eigenvalue weighted by molar-refractivity contribution is 6.09. The highest BCUT2D eigenvalue weighted by Crippen LogP contribution is 2.53. The van der Waals surface area contributed by atoms with E-state index < -0.39 is 0 Å². The van der Waals surface area contributed by atoms with Crippen LogP contribution in [0.2, 0.25) is 0 Å². The molecule has 3 saturated carbocycles. The van der Waals surface area contributed by atoms with Crippen LogP contribution in [0.5, 0.6) is 0 Å². The van der Waals surface area contributed by atoms with Gasteiger partial charge in [-0.15, -0.1) is 0 Å². The number of nitrogens with zero attached hydrogens (tertiary/aromatic N) is 3. The maximum atomic E-state index is 7.01. The third-order valence-electron chi connectivity index (χ3n) is 11.0. The van der Waals surface area contributed by atoms with Gasteiger partial charge in [0.15, 0.2) is 17.5 Å². The number of hydrogen-bond acceptors (Lipinski definition) is 4. The van der Waals surface area contributed by atoms with E-state index in [-0.39, 0.29) is 16.2 Å². The van der Waals surface area contributed by atoms with Crippen LogP contribution in [0.4, 0.5) is 0 Å². The topological polar surface area (TPSA) is 51.8 Å². The largest absolute Gasteiger partial charge is 0.455 e. The summed E-state index contributed by atoms with van der Waals surface area (Å²) in [4.78, 5) is 15.2. The molecule has 0 atom stereocenters. The van der Waals surface area contributed by atoms with E-state index in [2.05, 4.69) is 90.1 Å². The SMILES string of the molecule is CC.CC(C)(C)c1cc(-c2nc(-c3ccccc3)nc(-c3ccccc3)n2)cc2c1oc1c(C(C)(C)C)cc(C34CCC(CC3)CC4)cc12. The highest BCUT2D eigenvalue weighted by Gasteiger charge is 2.42. The van der Waals surface area contributed by atoms with Crippen molar-refractivity contribution < 1.29 is 4.42 Å². The fourth-order valence-corrected chi connectivity index (χ4v) is 8.15. The second-order valence-corrected chi connectivity index (χ2v) is 16.2. The Balaban J connectivity index is 0.00000186. The van der Waals surface area contributed by atoms with Crippen molar-refractivity contribution in [2.75, 3.05) is 0 Å². The monoisotopic (exact) mass is 649 g/mol. The van der Waals surface area contributed by atoms with Crippen molar-refractivity contribution >= 4 is 21.9 Å². The van der Waals surface area contributed by atoms with E-state index in [9.17, 15) is 0 Å². The van der Waals surface area contributed by atoms with Crippen LogP contribution in [0.1, 0.15) is 111 Å². The first-order valence-corrected chi connectivity index (χ1v) is 18.4. The van der Waals surface area contributed by atoms with Crippen molar-refractivity contribution in [3.05, 3.63) is 102 Å². The molecule has 4 nitrogen and oxygen atoms in total. The summed E-state index contributed by atoms with van der Waals surface area (Å²) < 4.78 is 7.01.